The van der Waals surface area contributed by atoms with Crippen molar-refractivity contribution >= 4 is 22.6 Å². The van der Waals surface area contributed by atoms with Crippen LogP contribution in [-0.2, 0) is 11.3 Å². The minimum absolute atomic E-state index is 0.230. The molecule has 1 fully saturated rings. The van der Waals surface area contributed by atoms with Crippen LogP contribution >= 0.6 is 11.5 Å². The van der Waals surface area contributed by atoms with E-state index in [1.54, 1.807) is 4.90 Å². The molecule has 7 nitrogen and oxygen atoms in total. The van der Waals surface area contributed by atoms with Crippen molar-refractivity contribution in [1.82, 2.24) is 19.4 Å². The fourth-order valence-electron chi connectivity index (χ4n) is 1.84. The highest BCUT2D eigenvalue weighted by Gasteiger charge is 2.22. The van der Waals surface area contributed by atoms with Crippen LogP contribution in [0.2, 0.25) is 0 Å². The number of ether oxygens (including phenoxy) is 1. The summed E-state index contributed by atoms with van der Waals surface area (Å²) in [5.74, 6) is 0. The molecule has 100 valence electrons. The smallest absolute Gasteiger partial charge is 0.409 e. The van der Waals surface area contributed by atoms with E-state index in [9.17, 15) is 4.79 Å². The maximum absolute atomic E-state index is 11.5. The van der Waals surface area contributed by atoms with Crippen molar-refractivity contribution in [2.45, 2.75) is 13.5 Å². The number of nitrogens with two attached hydrogens (primary N) is 1. The lowest BCUT2D eigenvalue weighted by Crippen LogP contribution is -2.48. The van der Waals surface area contributed by atoms with Gasteiger partial charge in [0.1, 0.15) is 10.7 Å². The zero-order valence-corrected chi connectivity index (χ0v) is 11.2. The number of nitrogens with zero attached hydrogens (tertiary/aromatic N) is 4. The van der Waals surface area contributed by atoms with Crippen molar-refractivity contribution in [1.29, 1.82) is 0 Å². The van der Waals surface area contributed by atoms with Crippen LogP contribution < -0.4 is 5.73 Å². The number of amides is 1. The average Bonchev–Trinajstić information content (AvgIpc) is 2.76. The molecule has 2 heterocycles. The van der Waals surface area contributed by atoms with Crippen LogP contribution in [0.4, 0.5) is 9.80 Å². The van der Waals surface area contributed by atoms with Crippen LogP contribution in [0.15, 0.2) is 0 Å². The predicted octanol–water partition coefficient (Wildman–Crippen LogP) is 0.394. The fourth-order valence-corrected chi connectivity index (χ4v) is 2.28. The quantitative estimate of drug-likeness (QED) is 0.856. The van der Waals surface area contributed by atoms with Gasteiger partial charge in [-0.3, -0.25) is 4.90 Å². The number of rotatable bonds is 3. The number of anilines is 1. The van der Waals surface area contributed by atoms with Crippen LogP contribution in [0.5, 0.6) is 0 Å². The highest BCUT2D eigenvalue weighted by Crippen LogP contribution is 2.15. The number of carbonyl (C=O) groups is 1. The van der Waals surface area contributed by atoms with E-state index in [-0.39, 0.29) is 6.09 Å². The molecule has 0 spiro atoms. The van der Waals surface area contributed by atoms with Gasteiger partial charge in [0, 0.05) is 44.3 Å². The van der Waals surface area contributed by atoms with Crippen molar-refractivity contribution in [3.63, 3.8) is 0 Å². The normalized spacial score (nSPS) is 16.8. The summed E-state index contributed by atoms with van der Waals surface area (Å²) in [4.78, 5) is 15.5. The van der Waals surface area contributed by atoms with Gasteiger partial charge in [-0.1, -0.05) is 4.49 Å². The molecule has 1 aliphatic heterocycles. The summed E-state index contributed by atoms with van der Waals surface area (Å²) in [5, 5.41) is 4.66. The van der Waals surface area contributed by atoms with Crippen molar-refractivity contribution < 1.29 is 9.53 Å². The predicted molar refractivity (Wildman–Crippen MR) is 68.2 cm³/mol. The third kappa shape index (κ3) is 3.08. The number of nitrogen functional groups attached to an aromatic ring is 1. The first-order chi connectivity index (χ1) is 8.70. The number of hydrogen-bond donors (Lipinski definition) is 1. The number of piperazine rings is 1. The summed E-state index contributed by atoms with van der Waals surface area (Å²) in [6.07, 6.45) is -0.230. The van der Waals surface area contributed by atoms with E-state index in [2.05, 4.69) is 14.5 Å². The van der Waals surface area contributed by atoms with Gasteiger partial charge in [-0.15, -0.1) is 5.10 Å². The van der Waals surface area contributed by atoms with Gasteiger partial charge >= 0.3 is 6.09 Å². The molecule has 2 rings (SSSR count). The lowest BCUT2D eigenvalue weighted by Gasteiger charge is -2.33. The van der Waals surface area contributed by atoms with E-state index in [0.29, 0.717) is 31.2 Å². The molecule has 8 heteroatoms. The zero-order valence-electron chi connectivity index (χ0n) is 10.3. The van der Waals surface area contributed by atoms with Gasteiger partial charge in [-0.2, -0.15) is 0 Å². The second kappa shape index (κ2) is 5.96. The van der Waals surface area contributed by atoms with Gasteiger partial charge in [-0.05, 0) is 6.92 Å². The summed E-state index contributed by atoms with van der Waals surface area (Å²) in [5.41, 5.74) is 6.58. The van der Waals surface area contributed by atoms with Crippen LogP contribution in [-0.4, -0.2) is 58.3 Å². The van der Waals surface area contributed by atoms with Gasteiger partial charge in [0.25, 0.3) is 0 Å². The zero-order chi connectivity index (χ0) is 13.0. The SMILES string of the molecule is CCOC(=O)N1CCN(Cc2nnsc2N)CC1. The second-order valence-corrected chi connectivity index (χ2v) is 4.83. The maximum Gasteiger partial charge on any atom is 0.409 e. The Balaban J connectivity index is 1.80. The third-order valence-corrected chi connectivity index (χ3v) is 3.45. The van der Waals surface area contributed by atoms with Gasteiger partial charge in [0.05, 0.1) is 6.61 Å². The molecule has 0 saturated carbocycles. The van der Waals surface area contributed by atoms with Crippen molar-refractivity contribution in [2.75, 3.05) is 38.5 Å². The van der Waals surface area contributed by atoms with Crippen molar-refractivity contribution in [3.8, 4) is 0 Å². The van der Waals surface area contributed by atoms with E-state index < -0.39 is 0 Å². The first-order valence-electron chi connectivity index (χ1n) is 5.91. The first kappa shape index (κ1) is 13.0. The van der Waals surface area contributed by atoms with Gasteiger partial charge < -0.3 is 15.4 Å². The molecular weight excluding hydrogens is 254 g/mol. The number of aromatic nitrogens is 2. The molecule has 0 radical (unpaired) electrons. The molecule has 0 bridgehead atoms. The largest absolute Gasteiger partial charge is 0.450 e. The molecule has 1 saturated heterocycles. The maximum atomic E-state index is 11.5. The van der Waals surface area contributed by atoms with E-state index in [1.165, 1.54) is 11.5 Å². The summed E-state index contributed by atoms with van der Waals surface area (Å²) in [6.45, 7) is 5.88. The molecule has 0 aliphatic carbocycles. The molecular formula is C10H17N5O2S. The Hall–Kier alpha value is -1.41. The van der Waals surface area contributed by atoms with Crippen LogP contribution in [0.1, 0.15) is 12.6 Å². The Bertz CT molecular complexity index is 403. The highest BCUT2D eigenvalue weighted by molar-refractivity contribution is 7.09. The number of hydrogen-bond acceptors (Lipinski definition) is 7. The fraction of sp³-hybridized carbons (Fsp3) is 0.700. The van der Waals surface area contributed by atoms with Gasteiger partial charge in [0.15, 0.2) is 0 Å². The Labute approximate surface area is 110 Å². The van der Waals surface area contributed by atoms with Crippen LogP contribution in [0.3, 0.4) is 0 Å². The van der Waals surface area contributed by atoms with Crippen LogP contribution in [0.25, 0.3) is 0 Å². The molecule has 0 atom stereocenters. The summed E-state index contributed by atoms with van der Waals surface area (Å²) in [7, 11) is 0. The second-order valence-electron chi connectivity index (χ2n) is 4.05. The topological polar surface area (TPSA) is 84.6 Å². The van der Waals surface area contributed by atoms with Gasteiger partial charge in [0.2, 0.25) is 0 Å². The molecule has 1 aliphatic rings. The van der Waals surface area contributed by atoms with E-state index in [0.717, 1.165) is 18.8 Å². The molecule has 0 unspecified atom stereocenters. The summed E-state index contributed by atoms with van der Waals surface area (Å²) >= 11 is 1.21. The van der Waals surface area contributed by atoms with Crippen molar-refractivity contribution in [3.05, 3.63) is 5.69 Å². The Morgan fingerprint density at radius 2 is 2.17 bits per heavy atom. The minimum atomic E-state index is -0.230. The van der Waals surface area contributed by atoms with E-state index >= 15 is 0 Å². The van der Waals surface area contributed by atoms with Crippen LogP contribution in [0, 0.1) is 0 Å². The summed E-state index contributed by atoms with van der Waals surface area (Å²) in [6, 6.07) is 0. The Kier molecular flexibility index (Phi) is 4.32. The molecule has 1 amide bonds. The molecule has 0 aromatic carbocycles. The monoisotopic (exact) mass is 271 g/mol. The molecule has 2 N–H and O–H groups in total. The lowest BCUT2D eigenvalue weighted by molar-refractivity contribution is 0.0776. The van der Waals surface area contributed by atoms with Crippen molar-refractivity contribution in [2.24, 2.45) is 0 Å². The summed E-state index contributed by atoms with van der Waals surface area (Å²) < 4.78 is 8.78. The standard InChI is InChI=1S/C10H17N5O2S/c1-2-17-10(16)15-5-3-14(4-6-15)7-8-9(11)18-13-12-8/h2-7,11H2,1H3. The third-order valence-electron chi connectivity index (χ3n) is 2.86. The van der Waals surface area contributed by atoms with E-state index in [1.807, 2.05) is 6.92 Å². The minimum Gasteiger partial charge on any atom is -0.450 e. The van der Waals surface area contributed by atoms with Gasteiger partial charge in [-0.25, -0.2) is 4.79 Å². The first-order valence-corrected chi connectivity index (χ1v) is 6.68. The average molecular weight is 271 g/mol. The Morgan fingerprint density at radius 1 is 1.44 bits per heavy atom. The van der Waals surface area contributed by atoms with E-state index in [4.69, 9.17) is 10.5 Å². The molecule has 1 aromatic heterocycles. The molecule has 18 heavy (non-hydrogen) atoms. The lowest BCUT2D eigenvalue weighted by atomic mass is 10.3. The number of carbonyl (C=O) groups excluding carboxylic acids is 1. The Morgan fingerprint density at radius 3 is 2.72 bits per heavy atom. The molecule has 1 aromatic rings. The highest BCUT2D eigenvalue weighted by atomic mass is 32.1.